The Kier molecular flexibility index (Phi) is 3.03. The van der Waals surface area contributed by atoms with Gasteiger partial charge in [-0.1, -0.05) is 28.6 Å². The van der Waals surface area contributed by atoms with Crippen LogP contribution in [0.4, 0.5) is 13.2 Å². The average molecular weight is 335 g/mol. The second-order valence-electron chi connectivity index (χ2n) is 5.83. The summed E-state index contributed by atoms with van der Waals surface area (Å²) in [5.41, 5.74) is -0.193. The molecule has 0 amide bonds. The molecule has 0 saturated heterocycles. The zero-order chi connectivity index (χ0) is 16.9. The number of aryl methyl sites for hydroxylation is 1. The van der Waals surface area contributed by atoms with Gasteiger partial charge in [0.15, 0.2) is 5.82 Å². The van der Waals surface area contributed by atoms with E-state index in [1.54, 1.807) is 13.1 Å². The summed E-state index contributed by atoms with van der Waals surface area (Å²) in [6, 6.07) is 5.30. The van der Waals surface area contributed by atoms with Gasteiger partial charge in [-0.25, -0.2) is 4.68 Å². The minimum atomic E-state index is -4.38. The van der Waals surface area contributed by atoms with Gasteiger partial charge in [0.1, 0.15) is 5.69 Å². The summed E-state index contributed by atoms with van der Waals surface area (Å²) in [7, 11) is 1.69. The van der Waals surface area contributed by atoms with Crippen LogP contribution >= 0.6 is 0 Å². The van der Waals surface area contributed by atoms with Crippen LogP contribution in [0.3, 0.4) is 0 Å². The molecule has 0 spiro atoms. The van der Waals surface area contributed by atoms with E-state index in [9.17, 15) is 13.2 Å². The molecule has 0 N–H and O–H groups in total. The predicted octanol–water partition coefficient (Wildman–Crippen LogP) is 2.96. The highest BCUT2D eigenvalue weighted by molar-refractivity contribution is 5.47. The number of aromatic nitrogens is 5. The second kappa shape index (κ2) is 4.89. The van der Waals surface area contributed by atoms with Gasteiger partial charge in [0.05, 0.1) is 17.2 Å². The Morgan fingerprint density at radius 2 is 2.04 bits per heavy atom. The lowest BCUT2D eigenvalue weighted by Crippen LogP contribution is -2.13. The van der Waals surface area contributed by atoms with Crippen LogP contribution in [0, 0.1) is 0 Å². The molecule has 0 radical (unpaired) electrons. The fourth-order valence-electron chi connectivity index (χ4n) is 2.76. The zero-order valence-electron chi connectivity index (χ0n) is 12.6. The number of benzene rings is 1. The molecule has 3 aromatic rings. The van der Waals surface area contributed by atoms with Crippen molar-refractivity contribution in [3.63, 3.8) is 0 Å². The summed E-state index contributed by atoms with van der Waals surface area (Å²) in [5, 5.41) is 11.5. The summed E-state index contributed by atoms with van der Waals surface area (Å²) in [5.74, 6) is 0.633. The fraction of sp³-hybridized carbons (Fsp3) is 0.333. The Morgan fingerprint density at radius 3 is 2.67 bits per heavy atom. The van der Waals surface area contributed by atoms with Gasteiger partial charge in [0, 0.05) is 7.05 Å². The monoisotopic (exact) mass is 335 g/mol. The number of nitrogens with zero attached hydrogens (tertiary/aromatic N) is 5. The summed E-state index contributed by atoms with van der Waals surface area (Å²) < 4.78 is 45.6. The first-order chi connectivity index (χ1) is 11.4. The van der Waals surface area contributed by atoms with Crippen LogP contribution < -0.4 is 0 Å². The Bertz CT molecular complexity index is 894. The topological polar surface area (TPSA) is 69.6 Å². The third kappa shape index (κ3) is 2.27. The van der Waals surface area contributed by atoms with Crippen molar-refractivity contribution in [1.82, 2.24) is 25.1 Å². The molecule has 1 fully saturated rings. The van der Waals surface area contributed by atoms with Crippen LogP contribution in [0.25, 0.3) is 11.6 Å². The molecule has 4 rings (SSSR count). The SMILES string of the molecule is Cn1nncc1-c1nc(C2(c3cccc(C(F)(F)F)c3)CC2)no1. The molecule has 1 aliphatic carbocycles. The van der Waals surface area contributed by atoms with Crippen LogP contribution in [0.5, 0.6) is 0 Å². The number of hydrogen-bond acceptors (Lipinski definition) is 5. The minimum Gasteiger partial charge on any atom is -0.332 e. The normalized spacial score (nSPS) is 16.3. The molecule has 2 aromatic heterocycles. The molecule has 1 aliphatic rings. The fourth-order valence-corrected chi connectivity index (χ4v) is 2.76. The van der Waals surface area contributed by atoms with Crippen molar-refractivity contribution in [1.29, 1.82) is 0 Å². The number of rotatable bonds is 3. The highest BCUT2D eigenvalue weighted by Crippen LogP contribution is 2.53. The zero-order valence-corrected chi connectivity index (χ0v) is 12.6. The van der Waals surface area contributed by atoms with Crippen molar-refractivity contribution in [3.8, 4) is 11.6 Å². The lowest BCUT2D eigenvalue weighted by Gasteiger charge is -2.14. The van der Waals surface area contributed by atoms with Gasteiger partial charge in [-0.15, -0.1) is 5.10 Å². The summed E-state index contributed by atoms with van der Waals surface area (Å²) >= 11 is 0. The summed E-state index contributed by atoms with van der Waals surface area (Å²) in [4.78, 5) is 4.36. The van der Waals surface area contributed by atoms with Crippen LogP contribution in [0.1, 0.15) is 29.8 Å². The highest BCUT2D eigenvalue weighted by Gasteiger charge is 2.50. The average Bonchev–Trinajstić information content (AvgIpc) is 3.00. The van der Waals surface area contributed by atoms with E-state index in [2.05, 4.69) is 20.5 Å². The molecule has 0 atom stereocenters. The van der Waals surface area contributed by atoms with Gasteiger partial charge in [0.2, 0.25) is 0 Å². The van der Waals surface area contributed by atoms with Gasteiger partial charge >= 0.3 is 6.18 Å². The molecule has 1 aromatic carbocycles. The van der Waals surface area contributed by atoms with E-state index in [1.165, 1.54) is 16.9 Å². The molecule has 1 saturated carbocycles. The minimum absolute atomic E-state index is 0.246. The second-order valence-corrected chi connectivity index (χ2v) is 5.83. The first-order valence-electron chi connectivity index (χ1n) is 7.27. The molecule has 2 heterocycles. The maximum Gasteiger partial charge on any atom is 0.416 e. The van der Waals surface area contributed by atoms with E-state index in [-0.39, 0.29) is 5.89 Å². The molecular weight excluding hydrogens is 323 g/mol. The summed E-state index contributed by atoms with van der Waals surface area (Å²) in [6.07, 6.45) is -1.54. The Hall–Kier alpha value is -2.71. The van der Waals surface area contributed by atoms with E-state index in [0.29, 0.717) is 29.9 Å². The van der Waals surface area contributed by atoms with E-state index >= 15 is 0 Å². The maximum absolute atomic E-state index is 12.9. The van der Waals surface area contributed by atoms with Gasteiger partial charge in [-0.05, 0) is 24.5 Å². The maximum atomic E-state index is 12.9. The third-order valence-corrected chi connectivity index (χ3v) is 4.28. The van der Waals surface area contributed by atoms with Crippen molar-refractivity contribution in [3.05, 3.63) is 47.4 Å². The first kappa shape index (κ1) is 14.9. The number of halogens is 3. The van der Waals surface area contributed by atoms with E-state index in [1.807, 2.05) is 0 Å². The Labute approximate surface area is 134 Å². The van der Waals surface area contributed by atoms with Crippen molar-refractivity contribution in [2.45, 2.75) is 24.4 Å². The van der Waals surface area contributed by atoms with E-state index in [0.717, 1.165) is 12.1 Å². The lowest BCUT2D eigenvalue weighted by molar-refractivity contribution is -0.137. The Morgan fingerprint density at radius 1 is 1.25 bits per heavy atom. The molecule has 9 heteroatoms. The van der Waals surface area contributed by atoms with E-state index in [4.69, 9.17) is 4.52 Å². The standard InChI is InChI=1S/C15H12F3N5O/c1-23-11(8-19-22-23)12-20-13(21-24-12)14(5-6-14)9-3-2-4-10(7-9)15(16,17)18/h2-4,7-8H,5-6H2,1H3. The molecule has 0 bridgehead atoms. The van der Waals surface area contributed by atoms with Gasteiger partial charge in [-0.2, -0.15) is 18.2 Å². The number of hydrogen-bond donors (Lipinski definition) is 0. The molecular formula is C15H12F3N5O. The molecule has 0 unspecified atom stereocenters. The molecule has 24 heavy (non-hydrogen) atoms. The van der Waals surface area contributed by atoms with Crippen molar-refractivity contribution < 1.29 is 17.7 Å². The lowest BCUT2D eigenvalue weighted by atomic mass is 9.93. The van der Waals surface area contributed by atoms with Crippen LogP contribution in [-0.4, -0.2) is 25.1 Å². The van der Waals surface area contributed by atoms with Crippen LogP contribution in [0.15, 0.2) is 35.0 Å². The third-order valence-electron chi connectivity index (χ3n) is 4.28. The smallest absolute Gasteiger partial charge is 0.332 e. The van der Waals surface area contributed by atoms with Gasteiger partial charge in [-0.3, -0.25) is 0 Å². The molecule has 6 nitrogen and oxygen atoms in total. The molecule has 124 valence electrons. The quantitative estimate of drug-likeness (QED) is 0.736. The van der Waals surface area contributed by atoms with Gasteiger partial charge < -0.3 is 4.52 Å². The van der Waals surface area contributed by atoms with Crippen LogP contribution in [0.2, 0.25) is 0 Å². The largest absolute Gasteiger partial charge is 0.416 e. The summed E-state index contributed by atoms with van der Waals surface area (Å²) in [6.45, 7) is 0. The number of alkyl halides is 3. The first-order valence-corrected chi connectivity index (χ1v) is 7.27. The van der Waals surface area contributed by atoms with Crippen molar-refractivity contribution in [2.75, 3.05) is 0 Å². The van der Waals surface area contributed by atoms with Gasteiger partial charge in [0.25, 0.3) is 5.89 Å². The van der Waals surface area contributed by atoms with Crippen molar-refractivity contribution >= 4 is 0 Å². The highest BCUT2D eigenvalue weighted by atomic mass is 19.4. The molecule has 0 aliphatic heterocycles. The predicted molar refractivity (Wildman–Crippen MR) is 75.8 cm³/mol. The van der Waals surface area contributed by atoms with Crippen molar-refractivity contribution in [2.24, 2.45) is 7.05 Å². The van der Waals surface area contributed by atoms with E-state index < -0.39 is 17.2 Å². The van der Waals surface area contributed by atoms with Crippen LogP contribution in [-0.2, 0) is 18.6 Å². The Balaban J connectivity index is 1.72.